The van der Waals surface area contributed by atoms with E-state index in [-0.39, 0.29) is 0 Å². The van der Waals surface area contributed by atoms with Crippen molar-refractivity contribution in [1.29, 1.82) is 0 Å². The molecular weight excluding hydrogens is 254 g/mol. The summed E-state index contributed by atoms with van der Waals surface area (Å²) in [4.78, 5) is 14.0. The summed E-state index contributed by atoms with van der Waals surface area (Å²) in [6, 6.07) is 0. The molecule has 0 spiro atoms. The molecule has 2 atom stereocenters. The lowest BCUT2D eigenvalue weighted by Crippen LogP contribution is -2.39. The van der Waals surface area contributed by atoms with Crippen molar-refractivity contribution in [3.8, 4) is 0 Å². The number of fused-ring (bicyclic) bond motifs is 1. The maximum absolute atomic E-state index is 4.60. The molecule has 3 rings (SSSR count). The molecular formula is C15H21N3S. The summed E-state index contributed by atoms with van der Waals surface area (Å²) in [5.74, 6) is 2.63. The molecule has 0 unspecified atom stereocenters. The number of hydrogen-bond acceptors (Lipinski definition) is 4. The first-order valence-electron chi connectivity index (χ1n) is 7.02. The van der Waals surface area contributed by atoms with E-state index in [1.165, 1.54) is 22.2 Å². The highest BCUT2D eigenvalue weighted by Crippen LogP contribution is 2.36. The van der Waals surface area contributed by atoms with Gasteiger partial charge in [0.05, 0.1) is 5.39 Å². The average Bonchev–Trinajstić information content (AvgIpc) is 2.64. The molecule has 4 heteroatoms. The van der Waals surface area contributed by atoms with Gasteiger partial charge < -0.3 is 4.90 Å². The van der Waals surface area contributed by atoms with E-state index in [1.807, 2.05) is 0 Å². The van der Waals surface area contributed by atoms with Crippen LogP contribution in [0.2, 0.25) is 0 Å². The molecule has 0 radical (unpaired) electrons. The van der Waals surface area contributed by atoms with Crippen LogP contribution in [0.5, 0.6) is 0 Å². The maximum Gasteiger partial charge on any atom is 0.141 e. The van der Waals surface area contributed by atoms with E-state index in [9.17, 15) is 0 Å². The summed E-state index contributed by atoms with van der Waals surface area (Å²) in [5.41, 5.74) is 1.35. The molecule has 0 saturated carbocycles. The minimum atomic E-state index is 0.744. The van der Waals surface area contributed by atoms with E-state index in [0.29, 0.717) is 0 Å². The highest BCUT2D eigenvalue weighted by Gasteiger charge is 2.25. The smallest absolute Gasteiger partial charge is 0.141 e. The first-order chi connectivity index (χ1) is 9.06. The van der Waals surface area contributed by atoms with Crippen LogP contribution in [0.1, 0.15) is 30.7 Å². The van der Waals surface area contributed by atoms with E-state index < -0.39 is 0 Å². The van der Waals surface area contributed by atoms with Crippen LogP contribution in [-0.4, -0.2) is 23.1 Å². The Morgan fingerprint density at radius 3 is 2.53 bits per heavy atom. The minimum absolute atomic E-state index is 0.744. The van der Waals surface area contributed by atoms with Gasteiger partial charge in [0.2, 0.25) is 0 Å². The third-order valence-electron chi connectivity index (χ3n) is 4.11. The Bertz CT molecular complexity index is 595. The van der Waals surface area contributed by atoms with E-state index in [0.717, 1.165) is 35.6 Å². The molecule has 1 fully saturated rings. The second-order valence-corrected chi connectivity index (χ2v) is 7.21. The number of aryl methyl sites for hydroxylation is 2. The summed E-state index contributed by atoms with van der Waals surface area (Å²) >= 11 is 1.78. The molecule has 0 aliphatic carbocycles. The van der Waals surface area contributed by atoms with Gasteiger partial charge in [-0.2, -0.15) is 0 Å². The van der Waals surface area contributed by atoms with Gasteiger partial charge in [0.1, 0.15) is 17.0 Å². The molecule has 3 heterocycles. The Labute approximate surface area is 118 Å². The number of hydrogen-bond donors (Lipinski definition) is 0. The monoisotopic (exact) mass is 275 g/mol. The number of piperidine rings is 1. The van der Waals surface area contributed by atoms with Crippen molar-refractivity contribution in [3.05, 3.63) is 16.8 Å². The zero-order valence-corrected chi connectivity index (χ0v) is 12.9. The van der Waals surface area contributed by atoms with Gasteiger partial charge >= 0.3 is 0 Å². The summed E-state index contributed by atoms with van der Waals surface area (Å²) in [6.07, 6.45) is 3.04. The van der Waals surface area contributed by atoms with E-state index in [4.69, 9.17) is 0 Å². The number of nitrogens with zero attached hydrogens (tertiary/aromatic N) is 3. The second-order valence-electron chi connectivity index (χ2n) is 6.01. The normalized spacial score (nSPS) is 24.1. The number of anilines is 1. The van der Waals surface area contributed by atoms with Gasteiger partial charge in [0.25, 0.3) is 0 Å². The highest BCUT2D eigenvalue weighted by molar-refractivity contribution is 7.18. The number of aromatic nitrogens is 2. The van der Waals surface area contributed by atoms with E-state index in [1.54, 1.807) is 17.7 Å². The van der Waals surface area contributed by atoms with Gasteiger partial charge in [-0.3, -0.25) is 0 Å². The summed E-state index contributed by atoms with van der Waals surface area (Å²) in [7, 11) is 0. The second kappa shape index (κ2) is 4.75. The fourth-order valence-corrected chi connectivity index (χ4v) is 4.23. The Morgan fingerprint density at radius 1 is 1.16 bits per heavy atom. The molecule has 19 heavy (non-hydrogen) atoms. The van der Waals surface area contributed by atoms with Crippen molar-refractivity contribution in [2.24, 2.45) is 11.8 Å². The summed E-state index contributed by atoms with van der Waals surface area (Å²) < 4.78 is 0. The molecule has 0 N–H and O–H groups in total. The van der Waals surface area contributed by atoms with Crippen LogP contribution in [0.25, 0.3) is 10.2 Å². The molecule has 0 amide bonds. The third kappa shape index (κ3) is 2.22. The largest absolute Gasteiger partial charge is 0.355 e. The van der Waals surface area contributed by atoms with Crippen LogP contribution < -0.4 is 4.90 Å². The lowest BCUT2D eigenvalue weighted by atomic mass is 9.92. The Morgan fingerprint density at radius 2 is 1.84 bits per heavy atom. The van der Waals surface area contributed by atoms with Crippen molar-refractivity contribution in [2.75, 3.05) is 18.0 Å². The number of thiophene rings is 1. The van der Waals surface area contributed by atoms with Crippen molar-refractivity contribution in [3.63, 3.8) is 0 Å². The third-order valence-corrected chi connectivity index (χ3v) is 5.23. The predicted octanol–water partition coefficient (Wildman–Crippen LogP) is 3.79. The number of rotatable bonds is 1. The van der Waals surface area contributed by atoms with Gasteiger partial charge in [0, 0.05) is 18.0 Å². The van der Waals surface area contributed by atoms with Gasteiger partial charge in [-0.15, -0.1) is 11.3 Å². The van der Waals surface area contributed by atoms with Crippen LogP contribution in [0, 0.1) is 25.7 Å². The first-order valence-corrected chi connectivity index (χ1v) is 7.83. The van der Waals surface area contributed by atoms with E-state index >= 15 is 0 Å². The van der Waals surface area contributed by atoms with Crippen LogP contribution in [-0.2, 0) is 0 Å². The fourth-order valence-electron chi connectivity index (χ4n) is 3.24. The Hall–Kier alpha value is -1.16. The topological polar surface area (TPSA) is 29.0 Å². The van der Waals surface area contributed by atoms with Crippen LogP contribution in [0.4, 0.5) is 5.82 Å². The molecule has 0 bridgehead atoms. The van der Waals surface area contributed by atoms with Crippen LogP contribution in [0.3, 0.4) is 0 Å². The molecule has 3 nitrogen and oxygen atoms in total. The van der Waals surface area contributed by atoms with Gasteiger partial charge in [-0.1, -0.05) is 13.8 Å². The predicted molar refractivity (Wildman–Crippen MR) is 82.0 cm³/mol. The SMILES string of the molecule is Cc1sc2ncnc(N3C[C@@H](C)C[C@H](C)C3)c2c1C. The van der Waals surface area contributed by atoms with Gasteiger partial charge in [0.15, 0.2) is 0 Å². The van der Waals surface area contributed by atoms with Crippen molar-refractivity contribution in [2.45, 2.75) is 34.1 Å². The standard InChI is InChI=1S/C15H21N3S/c1-9-5-10(2)7-18(6-9)14-13-11(3)12(4)19-15(13)17-8-16-14/h8-10H,5-7H2,1-4H3/t9-,10-/m0/s1. The fraction of sp³-hybridized carbons (Fsp3) is 0.600. The molecule has 0 aromatic carbocycles. The van der Waals surface area contributed by atoms with Crippen molar-refractivity contribution < 1.29 is 0 Å². The first kappa shape index (κ1) is 12.9. The highest BCUT2D eigenvalue weighted by atomic mass is 32.1. The molecule has 2 aromatic rings. The quantitative estimate of drug-likeness (QED) is 0.793. The average molecular weight is 275 g/mol. The summed E-state index contributed by atoms with van der Waals surface area (Å²) in [6.45, 7) is 11.3. The van der Waals surface area contributed by atoms with Crippen LogP contribution >= 0.6 is 11.3 Å². The molecule has 2 aromatic heterocycles. The van der Waals surface area contributed by atoms with Crippen molar-refractivity contribution >= 4 is 27.4 Å². The van der Waals surface area contributed by atoms with Crippen molar-refractivity contribution in [1.82, 2.24) is 9.97 Å². The molecule has 1 saturated heterocycles. The minimum Gasteiger partial charge on any atom is -0.355 e. The zero-order valence-electron chi connectivity index (χ0n) is 12.1. The molecule has 1 aliphatic heterocycles. The molecule has 1 aliphatic rings. The molecule has 102 valence electrons. The lowest BCUT2D eigenvalue weighted by molar-refractivity contribution is 0.356. The van der Waals surface area contributed by atoms with Gasteiger partial charge in [-0.05, 0) is 37.7 Å². The zero-order chi connectivity index (χ0) is 13.6. The lowest BCUT2D eigenvalue weighted by Gasteiger charge is -2.36. The Balaban J connectivity index is 2.09. The maximum atomic E-state index is 4.60. The van der Waals surface area contributed by atoms with Gasteiger partial charge in [-0.25, -0.2) is 9.97 Å². The summed E-state index contributed by atoms with van der Waals surface area (Å²) in [5, 5.41) is 1.27. The van der Waals surface area contributed by atoms with E-state index in [2.05, 4.69) is 42.6 Å². The van der Waals surface area contributed by atoms with Crippen LogP contribution in [0.15, 0.2) is 6.33 Å². The Kier molecular flexibility index (Phi) is 3.21.